The summed E-state index contributed by atoms with van der Waals surface area (Å²) in [5.74, 6) is -0.600. The summed E-state index contributed by atoms with van der Waals surface area (Å²) in [5.41, 5.74) is 4.06. The van der Waals surface area contributed by atoms with E-state index in [1.807, 2.05) is 80.6 Å². The van der Waals surface area contributed by atoms with E-state index in [1.54, 1.807) is 36.7 Å². The van der Waals surface area contributed by atoms with Crippen LogP contribution in [0.4, 0.5) is 0 Å². The second-order valence-corrected chi connectivity index (χ2v) is 14.5. The van der Waals surface area contributed by atoms with Gasteiger partial charge in [0.25, 0.3) is 0 Å². The summed E-state index contributed by atoms with van der Waals surface area (Å²) in [6.45, 7) is 4.95. The van der Waals surface area contributed by atoms with Gasteiger partial charge in [-0.1, -0.05) is 91.0 Å². The van der Waals surface area contributed by atoms with E-state index >= 15 is 0 Å². The highest BCUT2D eigenvalue weighted by Crippen LogP contribution is 2.43. The van der Waals surface area contributed by atoms with Crippen LogP contribution in [0, 0.1) is 0 Å². The maximum absolute atomic E-state index is 12.0. The third kappa shape index (κ3) is 13.2. The molecule has 0 radical (unpaired) electrons. The van der Waals surface area contributed by atoms with Crippen molar-refractivity contribution < 1.29 is 52.9 Å². The Morgan fingerprint density at radius 3 is 1.30 bits per heavy atom. The van der Waals surface area contributed by atoms with Gasteiger partial charge < -0.3 is 24.2 Å². The van der Waals surface area contributed by atoms with Crippen LogP contribution in [-0.2, 0) is 19.5 Å². The molecule has 5 aromatic rings. The second-order valence-electron chi connectivity index (χ2n) is 14.5. The van der Waals surface area contributed by atoms with Crippen LogP contribution in [0.15, 0.2) is 140 Å². The number of rotatable bonds is 16. The van der Waals surface area contributed by atoms with E-state index in [1.165, 1.54) is 26.2 Å². The number of carbonyl (C=O) groups excluding carboxylic acids is 2. The Balaban J connectivity index is 0.000000177. The average Bonchev–Trinajstić information content (AvgIpc) is 4.01. The van der Waals surface area contributed by atoms with Crippen molar-refractivity contribution in [1.82, 2.24) is 0 Å². The molecular weight excluding hydrogens is 759 g/mol. The summed E-state index contributed by atoms with van der Waals surface area (Å²) in [5, 5.41) is 21.4. The van der Waals surface area contributed by atoms with E-state index < -0.39 is 7.32 Å². The van der Waals surface area contributed by atoms with E-state index in [0.29, 0.717) is 31.0 Å². The first-order chi connectivity index (χ1) is 29.3. The van der Waals surface area contributed by atoms with Gasteiger partial charge in [0.2, 0.25) is 12.4 Å². The zero-order valence-electron chi connectivity index (χ0n) is 34.8. The van der Waals surface area contributed by atoms with Crippen molar-refractivity contribution in [3.05, 3.63) is 168 Å². The number of hydrogen-bond donors (Lipinski definition) is 0. The molecule has 2 fully saturated rings. The molecule has 0 spiro atoms. The smallest absolute Gasteiger partial charge is 0.408 e. The molecule has 316 valence electrons. The number of nitrogens with zero attached hydrogens (tertiary/aromatic N) is 2. The Kier molecular flexibility index (Phi) is 18.6. The van der Waals surface area contributed by atoms with Crippen molar-refractivity contribution >= 4 is 19.3 Å². The lowest BCUT2D eigenvalue weighted by molar-refractivity contribution is -0.892. The molecule has 60 heavy (non-hydrogen) atoms. The predicted octanol–water partition coefficient (Wildman–Crippen LogP) is 5.57. The van der Waals surface area contributed by atoms with Crippen LogP contribution < -0.4 is 29.2 Å². The highest BCUT2D eigenvalue weighted by molar-refractivity contribution is 6.28. The normalized spacial score (nSPS) is 13.9. The summed E-state index contributed by atoms with van der Waals surface area (Å²) in [6.07, 6.45) is 13.5. The monoisotopic (exact) mass is 816 g/mol. The number of benzene rings is 3. The molecule has 2 saturated carbocycles. The van der Waals surface area contributed by atoms with Crippen molar-refractivity contribution in [2.75, 3.05) is 19.8 Å². The van der Waals surface area contributed by atoms with Crippen LogP contribution in [-0.4, -0.2) is 51.3 Å². The topological polar surface area (TPSA) is 134 Å². The number of ether oxygens (including phenoxy) is 2. The van der Waals surface area contributed by atoms with Gasteiger partial charge in [0.1, 0.15) is 12.2 Å². The number of pyridine rings is 2. The molecule has 0 aliphatic heterocycles. The lowest BCUT2D eigenvalue weighted by atomic mass is 9.67. The molecule has 0 atom stereocenters. The SMILES string of the molecule is CCO[n+]1ccccc1C(=O)OC1CCCC1.CCO[n+]1ccccc1C(=O)OC1CCCC1.[O-]B([O-])OCCCC(c1ccccc1)(c1ccccc1)c1ccccc1. The van der Waals surface area contributed by atoms with Gasteiger partial charge >= 0.3 is 23.3 Å². The summed E-state index contributed by atoms with van der Waals surface area (Å²) < 4.78 is 18.6. The van der Waals surface area contributed by atoms with Crippen molar-refractivity contribution in [2.45, 2.75) is 95.7 Å². The quantitative estimate of drug-likeness (QED) is 0.0412. The molecule has 0 unspecified atom stereocenters. The highest BCUT2D eigenvalue weighted by atomic mass is 16.7. The van der Waals surface area contributed by atoms with Crippen LogP contribution in [0.1, 0.15) is 116 Å². The fraction of sp³-hybridized carbons (Fsp3) is 0.375. The van der Waals surface area contributed by atoms with E-state index in [-0.39, 0.29) is 36.2 Å². The molecule has 0 N–H and O–H groups in total. The van der Waals surface area contributed by atoms with Crippen molar-refractivity contribution in [3.8, 4) is 0 Å². The van der Waals surface area contributed by atoms with Crippen LogP contribution >= 0.6 is 0 Å². The molecule has 11 nitrogen and oxygen atoms in total. The van der Waals surface area contributed by atoms with Gasteiger partial charge in [-0.3, -0.25) is 9.68 Å². The average molecular weight is 817 g/mol. The van der Waals surface area contributed by atoms with Crippen LogP contribution in [0.2, 0.25) is 0 Å². The second kappa shape index (κ2) is 24.5. The summed E-state index contributed by atoms with van der Waals surface area (Å²) in [6, 6.07) is 41.7. The molecule has 12 heteroatoms. The van der Waals surface area contributed by atoms with Crippen LogP contribution in [0.25, 0.3) is 0 Å². The molecule has 2 aliphatic rings. The zero-order valence-corrected chi connectivity index (χ0v) is 34.8. The number of hydrogen-bond acceptors (Lipinski definition) is 9. The van der Waals surface area contributed by atoms with Gasteiger partial charge in [-0.05, 0) is 107 Å². The lowest BCUT2D eigenvalue weighted by Crippen LogP contribution is -2.48. The Morgan fingerprint density at radius 1 is 0.583 bits per heavy atom. The van der Waals surface area contributed by atoms with E-state index in [4.69, 9.17) is 23.8 Å². The Labute approximate surface area is 354 Å². The standard InChI is InChI=1S/C22H21BO3.2C13H18NO3/c24-23(25)26-18-10-17-22(19-11-4-1-5-12-19,20-13-6-2-7-14-20)21-15-8-3-9-16-21;2*1-2-16-14-10-6-5-9-12(14)13(15)17-11-7-3-4-8-11/h1-9,11-16H,10,17-18H2;2*5-6,9-11H,2-4,7-8H2,1H3/q-2;2*+1. The molecule has 3 aromatic carbocycles. The largest absolute Gasteiger partial charge is 0.871 e. The lowest BCUT2D eigenvalue weighted by Gasteiger charge is -2.37. The molecule has 0 bridgehead atoms. The highest BCUT2D eigenvalue weighted by Gasteiger charge is 2.35. The first-order valence-electron chi connectivity index (χ1n) is 21.1. The van der Waals surface area contributed by atoms with Gasteiger partial charge in [0, 0.05) is 45.7 Å². The van der Waals surface area contributed by atoms with Crippen LogP contribution in [0.5, 0.6) is 0 Å². The molecular formula is C48H57BN2O9. The van der Waals surface area contributed by atoms with Crippen LogP contribution in [0.3, 0.4) is 0 Å². The van der Waals surface area contributed by atoms with Gasteiger partial charge in [-0.2, -0.15) is 0 Å². The molecule has 2 aromatic heterocycles. The minimum Gasteiger partial charge on any atom is -0.871 e. The molecule has 2 heterocycles. The Morgan fingerprint density at radius 2 is 0.950 bits per heavy atom. The summed E-state index contributed by atoms with van der Waals surface area (Å²) in [7, 11) is -2.23. The fourth-order valence-electron chi connectivity index (χ4n) is 7.73. The van der Waals surface area contributed by atoms with E-state index in [9.17, 15) is 19.6 Å². The minimum atomic E-state index is -2.23. The number of aromatic nitrogens is 2. The molecule has 2 aliphatic carbocycles. The first kappa shape index (κ1) is 45.5. The minimum absolute atomic E-state index is 0.0813. The molecule has 7 rings (SSSR count). The zero-order chi connectivity index (χ0) is 42.4. The first-order valence-corrected chi connectivity index (χ1v) is 21.1. The van der Waals surface area contributed by atoms with Crippen molar-refractivity contribution in [3.63, 3.8) is 0 Å². The maximum Gasteiger partial charge on any atom is 0.408 e. The van der Waals surface area contributed by atoms with Gasteiger partial charge in [-0.15, -0.1) is 0 Å². The molecule has 0 saturated heterocycles. The third-order valence-corrected chi connectivity index (χ3v) is 10.5. The van der Waals surface area contributed by atoms with E-state index in [0.717, 1.165) is 57.8 Å². The van der Waals surface area contributed by atoms with E-state index in [2.05, 4.69) is 36.4 Å². The maximum atomic E-state index is 12.0. The van der Waals surface area contributed by atoms with Crippen molar-refractivity contribution in [2.24, 2.45) is 0 Å². The van der Waals surface area contributed by atoms with Gasteiger partial charge in [-0.25, -0.2) is 9.59 Å². The molecule has 0 amide bonds. The Bertz CT molecular complexity index is 1820. The Hall–Kier alpha value is -5.56. The predicted molar refractivity (Wildman–Crippen MR) is 223 cm³/mol. The summed E-state index contributed by atoms with van der Waals surface area (Å²) in [4.78, 5) is 34.6. The van der Waals surface area contributed by atoms with Gasteiger partial charge in [0.05, 0.1) is 7.32 Å². The fourth-order valence-corrected chi connectivity index (χ4v) is 7.73. The number of esters is 2. The third-order valence-electron chi connectivity index (χ3n) is 10.5. The number of carbonyl (C=O) groups is 2. The van der Waals surface area contributed by atoms with Gasteiger partial charge in [0.15, 0.2) is 13.2 Å². The van der Waals surface area contributed by atoms with Crippen molar-refractivity contribution in [1.29, 1.82) is 0 Å². The summed E-state index contributed by atoms with van der Waals surface area (Å²) >= 11 is 0.